The SMILES string of the molecule is CC(C)Oc1cccc(N(CC(=O)NCCOc2ccc(S(=O)(=O)N3CCCCC3)cc2)S(C)(=O)=O)c1. The van der Waals surface area contributed by atoms with Crippen molar-refractivity contribution in [3.63, 3.8) is 0 Å². The molecule has 0 spiro atoms. The highest BCUT2D eigenvalue weighted by molar-refractivity contribution is 7.92. The average molecular weight is 554 g/mol. The minimum atomic E-state index is -3.72. The molecule has 1 fully saturated rings. The molecule has 2 aromatic rings. The Bertz CT molecular complexity index is 1260. The number of sulfonamides is 2. The van der Waals surface area contributed by atoms with Crippen LogP contribution in [0.2, 0.25) is 0 Å². The van der Waals surface area contributed by atoms with Crippen LogP contribution in [-0.2, 0) is 24.8 Å². The quantitative estimate of drug-likeness (QED) is 0.401. The summed E-state index contributed by atoms with van der Waals surface area (Å²) < 4.78 is 63.9. The maximum atomic E-state index is 12.7. The third-order valence-corrected chi connectivity index (χ3v) is 8.69. The van der Waals surface area contributed by atoms with Crippen LogP contribution in [0.1, 0.15) is 33.1 Å². The Balaban J connectivity index is 1.51. The second-order valence-corrected chi connectivity index (χ2v) is 12.9. The van der Waals surface area contributed by atoms with E-state index in [0.29, 0.717) is 30.3 Å². The number of nitrogens with one attached hydrogen (secondary N) is 1. The van der Waals surface area contributed by atoms with E-state index in [1.807, 2.05) is 13.8 Å². The van der Waals surface area contributed by atoms with E-state index in [-0.39, 0.29) is 24.2 Å². The van der Waals surface area contributed by atoms with Gasteiger partial charge < -0.3 is 14.8 Å². The minimum Gasteiger partial charge on any atom is -0.492 e. The molecule has 0 aliphatic carbocycles. The topological polar surface area (TPSA) is 122 Å². The molecule has 12 heteroatoms. The molecule has 10 nitrogen and oxygen atoms in total. The predicted octanol–water partition coefficient (Wildman–Crippen LogP) is 2.61. The zero-order chi connectivity index (χ0) is 27.1. The standard InChI is InChI=1S/C25H35N3O7S2/c1-20(2)35-23-9-7-8-21(18-23)28(36(3,30)31)19-25(29)26-14-17-34-22-10-12-24(13-11-22)37(32,33)27-15-5-4-6-16-27/h7-13,18,20H,4-6,14-17,19H2,1-3H3,(H,26,29). The second kappa shape index (κ2) is 12.6. The van der Waals surface area contributed by atoms with Gasteiger partial charge in [-0.2, -0.15) is 4.31 Å². The van der Waals surface area contributed by atoms with E-state index in [0.717, 1.165) is 29.8 Å². The number of piperidine rings is 1. The van der Waals surface area contributed by atoms with E-state index >= 15 is 0 Å². The van der Waals surface area contributed by atoms with E-state index < -0.39 is 32.5 Å². The number of carbonyl (C=O) groups is 1. The number of amides is 1. The minimum absolute atomic E-state index is 0.0829. The highest BCUT2D eigenvalue weighted by atomic mass is 32.2. The van der Waals surface area contributed by atoms with Crippen molar-refractivity contribution in [1.82, 2.24) is 9.62 Å². The van der Waals surface area contributed by atoms with Crippen LogP contribution in [0.15, 0.2) is 53.4 Å². The second-order valence-electron chi connectivity index (χ2n) is 9.07. The number of hydrogen-bond donors (Lipinski definition) is 1. The average Bonchev–Trinajstić information content (AvgIpc) is 2.85. The summed E-state index contributed by atoms with van der Waals surface area (Å²) >= 11 is 0. The lowest BCUT2D eigenvalue weighted by molar-refractivity contribution is -0.119. The van der Waals surface area contributed by atoms with Gasteiger partial charge in [0.25, 0.3) is 0 Å². The van der Waals surface area contributed by atoms with Crippen LogP contribution in [0.3, 0.4) is 0 Å². The highest BCUT2D eigenvalue weighted by Gasteiger charge is 2.26. The number of ether oxygens (including phenoxy) is 2. The van der Waals surface area contributed by atoms with E-state index in [9.17, 15) is 21.6 Å². The molecule has 1 aliphatic heterocycles. The molecule has 204 valence electrons. The summed E-state index contributed by atoms with van der Waals surface area (Å²) in [6.45, 7) is 4.67. The summed E-state index contributed by atoms with van der Waals surface area (Å²) in [5.41, 5.74) is 0.326. The number of carbonyl (C=O) groups excluding carboxylic acids is 1. The zero-order valence-electron chi connectivity index (χ0n) is 21.4. The van der Waals surface area contributed by atoms with Crippen LogP contribution in [0.4, 0.5) is 5.69 Å². The fraction of sp³-hybridized carbons (Fsp3) is 0.480. The smallest absolute Gasteiger partial charge is 0.243 e. The maximum absolute atomic E-state index is 12.7. The third-order valence-electron chi connectivity index (χ3n) is 5.63. The molecule has 1 aliphatic rings. The van der Waals surface area contributed by atoms with Gasteiger partial charge in [-0.05, 0) is 63.1 Å². The van der Waals surface area contributed by atoms with E-state index in [2.05, 4.69) is 5.32 Å². The summed E-state index contributed by atoms with van der Waals surface area (Å²) in [4.78, 5) is 12.7. The first-order chi connectivity index (χ1) is 17.5. The first-order valence-corrected chi connectivity index (χ1v) is 15.5. The number of rotatable bonds is 12. The molecule has 2 aromatic carbocycles. The first kappa shape index (κ1) is 28.7. The normalized spacial score (nSPS) is 14.8. The number of hydrogen-bond acceptors (Lipinski definition) is 7. The van der Waals surface area contributed by atoms with Crippen molar-refractivity contribution in [2.24, 2.45) is 0 Å². The van der Waals surface area contributed by atoms with Crippen molar-refractivity contribution in [2.75, 3.05) is 43.3 Å². The van der Waals surface area contributed by atoms with Gasteiger partial charge in [-0.15, -0.1) is 0 Å². The van der Waals surface area contributed by atoms with Crippen LogP contribution < -0.4 is 19.1 Å². The van der Waals surface area contributed by atoms with Crippen molar-refractivity contribution in [3.05, 3.63) is 48.5 Å². The van der Waals surface area contributed by atoms with Gasteiger partial charge in [-0.25, -0.2) is 16.8 Å². The van der Waals surface area contributed by atoms with Gasteiger partial charge in [-0.3, -0.25) is 9.10 Å². The summed E-state index contributed by atoms with van der Waals surface area (Å²) in [5, 5.41) is 2.65. The number of benzene rings is 2. The molecule has 37 heavy (non-hydrogen) atoms. The highest BCUT2D eigenvalue weighted by Crippen LogP contribution is 2.24. The molecule has 0 saturated carbocycles. The fourth-order valence-corrected chi connectivity index (χ4v) is 6.26. The van der Waals surface area contributed by atoms with Crippen LogP contribution >= 0.6 is 0 Å². The van der Waals surface area contributed by atoms with Gasteiger partial charge in [0.1, 0.15) is 24.7 Å². The largest absolute Gasteiger partial charge is 0.492 e. The summed E-state index contributed by atoms with van der Waals surface area (Å²) in [5.74, 6) is 0.475. The first-order valence-electron chi connectivity index (χ1n) is 12.2. The molecule has 1 N–H and O–H groups in total. The molecule has 3 rings (SSSR count). The molecule has 0 atom stereocenters. The summed E-state index contributed by atoms with van der Waals surface area (Å²) in [7, 11) is -7.23. The van der Waals surface area contributed by atoms with Gasteiger partial charge in [0.2, 0.25) is 26.0 Å². The van der Waals surface area contributed by atoms with E-state index in [1.165, 1.54) is 16.4 Å². The monoisotopic (exact) mass is 553 g/mol. The van der Waals surface area contributed by atoms with E-state index in [4.69, 9.17) is 9.47 Å². The lowest BCUT2D eigenvalue weighted by Crippen LogP contribution is -2.41. The lowest BCUT2D eigenvalue weighted by atomic mass is 10.2. The molecule has 1 heterocycles. The zero-order valence-corrected chi connectivity index (χ0v) is 23.1. The molecule has 1 amide bonds. The molecule has 0 aromatic heterocycles. The molecule has 0 bridgehead atoms. The Hall–Kier alpha value is -2.83. The number of anilines is 1. The molecular formula is C25H35N3O7S2. The summed E-state index contributed by atoms with van der Waals surface area (Å²) in [6, 6.07) is 12.7. The van der Waals surface area contributed by atoms with Crippen molar-refractivity contribution >= 4 is 31.6 Å². The Morgan fingerprint density at radius 2 is 1.68 bits per heavy atom. The lowest BCUT2D eigenvalue weighted by Gasteiger charge is -2.25. The van der Waals surface area contributed by atoms with Crippen LogP contribution in [0.5, 0.6) is 11.5 Å². The summed E-state index contributed by atoms with van der Waals surface area (Å²) in [6.07, 6.45) is 3.73. The fourth-order valence-electron chi connectivity index (χ4n) is 3.89. The van der Waals surface area contributed by atoms with Crippen molar-refractivity contribution < 1.29 is 31.1 Å². The van der Waals surface area contributed by atoms with Crippen LogP contribution in [0.25, 0.3) is 0 Å². The van der Waals surface area contributed by atoms with Crippen molar-refractivity contribution in [3.8, 4) is 11.5 Å². The molecule has 0 unspecified atom stereocenters. The van der Waals surface area contributed by atoms with Crippen LogP contribution in [0, 0.1) is 0 Å². The Morgan fingerprint density at radius 3 is 2.30 bits per heavy atom. The Labute approximate surface area is 219 Å². The molecule has 0 radical (unpaired) electrons. The molecular weight excluding hydrogens is 518 g/mol. The molecule has 1 saturated heterocycles. The third kappa shape index (κ3) is 8.34. The maximum Gasteiger partial charge on any atom is 0.243 e. The predicted molar refractivity (Wildman–Crippen MR) is 142 cm³/mol. The van der Waals surface area contributed by atoms with Crippen molar-refractivity contribution in [1.29, 1.82) is 0 Å². The Morgan fingerprint density at radius 1 is 1.00 bits per heavy atom. The van der Waals surface area contributed by atoms with Gasteiger partial charge >= 0.3 is 0 Å². The Kier molecular flexibility index (Phi) is 9.80. The van der Waals surface area contributed by atoms with E-state index in [1.54, 1.807) is 36.4 Å². The van der Waals surface area contributed by atoms with Gasteiger partial charge in [0, 0.05) is 19.2 Å². The number of nitrogens with zero attached hydrogens (tertiary/aromatic N) is 2. The van der Waals surface area contributed by atoms with Gasteiger partial charge in [0.15, 0.2) is 0 Å². The van der Waals surface area contributed by atoms with Crippen LogP contribution in [-0.4, -0.2) is 72.2 Å². The van der Waals surface area contributed by atoms with Gasteiger partial charge in [0.05, 0.1) is 29.5 Å². The van der Waals surface area contributed by atoms with Gasteiger partial charge in [-0.1, -0.05) is 12.5 Å². The van der Waals surface area contributed by atoms with Crippen molar-refractivity contribution in [2.45, 2.75) is 44.1 Å².